The highest BCUT2D eigenvalue weighted by molar-refractivity contribution is 7.93. The van der Waals surface area contributed by atoms with Crippen molar-refractivity contribution >= 4 is 15.7 Å². The number of hydrogen-bond acceptors (Lipinski definition) is 5. The first-order chi connectivity index (χ1) is 11.1. The van der Waals surface area contributed by atoms with Crippen molar-refractivity contribution in [1.82, 2.24) is 0 Å². The zero-order valence-corrected chi connectivity index (χ0v) is 14.9. The molecule has 10 heteroatoms. The summed E-state index contributed by atoms with van der Waals surface area (Å²) in [6.45, 7) is 3.88. The first-order valence-electron chi connectivity index (χ1n) is 7.60. The molecule has 2 rings (SSSR count). The van der Waals surface area contributed by atoms with Gasteiger partial charge in [-0.25, -0.2) is 12.8 Å². The van der Waals surface area contributed by atoms with Gasteiger partial charge in [-0.05, 0) is 26.0 Å². The van der Waals surface area contributed by atoms with Crippen molar-refractivity contribution in [3.05, 3.63) is 23.7 Å². The van der Waals surface area contributed by atoms with E-state index in [1.54, 1.807) is 6.92 Å². The molecule has 1 aliphatic carbocycles. The normalized spacial score (nSPS) is 38.6. The number of aliphatic imine (C=N–C) groups is 1. The van der Waals surface area contributed by atoms with Crippen LogP contribution in [0.15, 0.2) is 28.7 Å². The lowest BCUT2D eigenvalue weighted by molar-refractivity contribution is -0.137. The molecule has 1 heterocycles. The summed E-state index contributed by atoms with van der Waals surface area (Å²) in [4.78, 5) is 4.06. The SMILES string of the molecule is CC1C(N)=CC=C(F)C1[C@]1(C)CS(=O)(=O)[C@@](C)(CC(F)(F)F)C(N)=N1. The summed E-state index contributed by atoms with van der Waals surface area (Å²) in [5.74, 6) is -3.64. The van der Waals surface area contributed by atoms with E-state index < -0.39 is 62.0 Å². The molecule has 142 valence electrons. The first-order valence-corrected chi connectivity index (χ1v) is 9.26. The fraction of sp³-hybridized carbons (Fsp3) is 0.667. The molecule has 0 aromatic rings. The van der Waals surface area contributed by atoms with Crippen molar-refractivity contribution in [2.75, 3.05) is 5.75 Å². The molecule has 5 nitrogen and oxygen atoms in total. The molecule has 0 amide bonds. The summed E-state index contributed by atoms with van der Waals surface area (Å²) in [5.41, 5.74) is 10.3. The molecule has 4 atom stereocenters. The number of nitrogens with two attached hydrogens (primary N) is 2. The highest BCUT2D eigenvalue weighted by Gasteiger charge is 2.58. The maximum atomic E-state index is 14.4. The Bertz CT molecular complexity index is 772. The van der Waals surface area contributed by atoms with Gasteiger partial charge in [0.15, 0.2) is 9.84 Å². The monoisotopic (exact) mass is 383 g/mol. The van der Waals surface area contributed by atoms with Gasteiger partial charge >= 0.3 is 6.18 Å². The quantitative estimate of drug-likeness (QED) is 0.714. The molecule has 0 fully saturated rings. The highest BCUT2D eigenvalue weighted by Crippen LogP contribution is 2.46. The summed E-state index contributed by atoms with van der Waals surface area (Å²) in [6, 6.07) is 0. The van der Waals surface area contributed by atoms with E-state index in [2.05, 4.69) is 4.99 Å². The smallest absolute Gasteiger partial charge is 0.391 e. The Morgan fingerprint density at radius 1 is 1.28 bits per heavy atom. The van der Waals surface area contributed by atoms with Crippen LogP contribution in [0.25, 0.3) is 0 Å². The van der Waals surface area contributed by atoms with E-state index in [1.807, 2.05) is 0 Å². The molecule has 25 heavy (non-hydrogen) atoms. The van der Waals surface area contributed by atoms with Crippen molar-refractivity contribution in [2.45, 2.75) is 43.7 Å². The zero-order chi connectivity index (χ0) is 19.4. The Balaban J connectivity index is 2.56. The van der Waals surface area contributed by atoms with Crippen molar-refractivity contribution in [2.24, 2.45) is 28.3 Å². The van der Waals surface area contributed by atoms with Crippen molar-refractivity contribution in [3.63, 3.8) is 0 Å². The van der Waals surface area contributed by atoms with Crippen LogP contribution >= 0.6 is 0 Å². The Hall–Kier alpha value is -1.58. The molecule has 0 bridgehead atoms. The fourth-order valence-electron chi connectivity index (χ4n) is 3.57. The molecule has 0 saturated heterocycles. The Labute approximate surface area is 143 Å². The summed E-state index contributed by atoms with van der Waals surface area (Å²) < 4.78 is 76.0. The number of sulfone groups is 1. The molecule has 0 aromatic heterocycles. The summed E-state index contributed by atoms with van der Waals surface area (Å²) in [6.07, 6.45) is -3.90. The average molecular weight is 383 g/mol. The third-order valence-corrected chi connectivity index (χ3v) is 7.74. The number of amidine groups is 1. The van der Waals surface area contributed by atoms with Crippen LogP contribution in [0.5, 0.6) is 0 Å². The predicted octanol–water partition coefficient (Wildman–Crippen LogP) is 2.20. The van der Waals surface area contributed by atoms with Gasteiger partial charge in [0.05, 0.1) is 17.7 Å². The van der Waals surface area contributed by atoms with Crippen LogP contribution in [0.1, 0.15) is 27.2 Å². The minimum atomic E-state index is -4.74. The van der Waals surface area contributed by atoms with Gasteiger partial charge in [0.2, 0.25) is 0 Å². The molecule has 0 saturated carbocycles. The van der Waals surface area contributed by atoms with Crippen molar-refractivity contribution < 1.29 is 26.0 Å². The second-order valence-corrected chi connectivity index (χ2v) is 9.54. The fourth-order valence-corrected chi connectivity index (χ4v) is 5.65. The summed E-state index contributed by atoms with van der Waals surface area (Å²) >= 11 is 0. The van der Waals surface area contributed by atoms with Gasteiger partial charge < -0.3 is 11.5 Å². The van der Waals surface area contributed by atoms with Crippen LogP contribution in [0.2, 0.25) is 0 Å². The molecule has 1 aliphatic heterocycles. The molecule has 2 unspecified atom stereocenters. The zero-order valence-electron chi connectivity index (χ0n) is 14.1. The van der Waals surface area contributed by atoms with Gasteiger partial charge in [-0.1, -0.05) is 6.92 Å². The number of nitrogens with zero attached hydrogens (tertiary/aromatic N) is 1. The third kappa shape index (κ3) is 3.28. The van der Waals surface area contributed by atoms with E-state index in [-0.39, 0.29) is 0 Å². The van der Waals surface area contributed by atoms with Gasteiger partial charge in [-0.2, -0.15) is 13.2 Å². The number of hydrogen-bond donors (Lipinski definition) is 2. The maximum Gasteiger partial charge on any atom is 0.391 e. The topological polar surface area (TPSA) is 98.5 Å². The average Bonchev–Trinajstić information content (AvgIpc) is 2.39. The van der Waals surface area contributed by atoms with E-state index in [1.165, 1.54) is 13.0 Å². The van der Waals surface area contributed by atoms with E-state index in [0.29, 0.717) is 5.70 Å². The molecule has 0 spiro atoms. The standard InChI is InChI=1S/C15H21F4N3O2S/c1-8-10(20)5-4-9(16)11(8)13(2)7-25(23,24)14(3,12(21)22-13)6-15(17,18)19/h4-5,8,11H,6-7,20H2,1-3H3,(H2,21,22)/t8?,11?,13-,14-/m0/s1. The second kappa shape index (κ2) is 5.72. The lowest BCUT2D eigenvalue weighted by atomic mass is 9.74. The second-order valence-electron chi connectivity index (χ2n) is 7.12. The Morgan fingerprint density at radius 3 is 2.32 bits per heavy atom. The third-order valence-electron chi connectivity index (χ3n) is 5.05. The maximum absolute atomic E-state index is 14.4. The van der Waals surface area contributed by atoms with E-state index in [0.717, 1.165) is 13.0 Å². The molecule has 4 N–H and O–H groups in total. The van der Waals surface area contributed by atoms with Crippen LogP contribution in [-0.4, -0.2) is 36.5 Å². The van der Waals surface area contributed by atoms with Crippen molar-refractivity contribution in [1.29, 1.82) is 0 Å². The van der Waals surface area contributed by atoms with Crippen LogP contribution in [0.3, 0.4) is 0 Å². The minimum Gasteiger partial charge on any atom is -0.402 e. The molecule has 0 radical (unpaired) electrons. The van der Waals surface area contributed by atoms with Crippen molar-refractivity contribution in [3.8, 4) is 0 Å². The minimum absolute atomic E-state index is 0.336. The van der Waals surface area contributed by atoms with Crippen LogP contribution in [0.4, 0.5) is 17.6 Å². The summed E-state index contributed by atoms with van der Waals surface area (Å²) in [7, 11) is -4.36. The number of allylic oxidation sites excluding steroid dienone is 3. The molecule has 0 aromatic carbocycles. The van der Waals surface area contributed by atoms with Crippen LogP contribution in [0, 0.1) is 11.8 Å². The van der Waals surface area contributed by atoms with E-state index in [9.17, 15) is 26.0 Å². The van der Waals surface area contributed by atoms with Gasteiger partial charge in [-0.3, -0.25) is 4.99 Å². The van der Waals surface area contributed by atoms with Gasteiger partial charge in [0.25, 0.3) is 0 Å². The highest BCUT2D eigenvalue weighted by atomic mass is 32.2. The van der Waals surface area contributed by atoms with E-state index in [4.69, 9.17) is 11.5 Å². The number of alkyl halides is 3. The number of halogens is 4. The van der Waals surface area contributed by atoms with E-state index >= 15 is 0 Å². The van der Waals surface area contributed by atoms with Crippen LogP contribution in [-0.2, 0) is 9.84 Å². The molecule has 2 aliphatic rings. The van der Waals surface area contributed by atoms with Gasteiger partial charge in [-0.15, -0.1) is 0 Å². The largest absolute Gasteiger partial charge is 0.402 e. The molecular weight excluding hydrogens is 362 g/mol. The Kier molecular flexibility index (Phi) is 4.51. The lowest BCUT2D eigenvalue weighted by Gasteiger charge is -2.45. The van der Waals surface area contributed by atoms with Crippen LogP contribution < -0.4 is 11.5 Å². The first kappa shape index (κ1) is 19.7. The number of rotatable bonds is 2. The predicted molar refractivity (Wildman–Crippen MR) is 87.0 cm³/mol. The Morgan fingerprint density at radius 2 is 1.84 bits per heavy atom. The summed E-state index contributed by atoms with van der Waals surface area (Å²) in [5, 5.41) is 0. The van der Waals surface area contributed by atoms with Gasteiger partial charge in [0, 0.05) is 17.5 Å². The van der Waals surface area contributed by atoms with Gasteiger partial charge in [0.1, 0.15) is 16.4 Å². The molecular formula is C15H21F4N3O2S. The lowest BCUT2D eigenvalue weighted by Crippen LogP contribution is -2.61.